The lowest BCUT2D eigenvalue weighted by Gasteiger charge is -2.33. The lowest BCUT2D eigenvalue weighted by molar-refractivity contribution is -0.150. The number of nitrogens with two attached hydrogens (primary N) is 1. The van der Waals surface area contributed by atoms with Gasteiger partial charge in [-0.3, -0.25) is 9.59 Å². The van der Waals surface area contributed by atoms with Crippen LogP contribution < -0.4 is 11.1 Å². The molecule has 1 aromatic rings. The topological polar surface area (TPSA) is 92.4 Å². The molecule has 1 aliphatic carbocycles. The second-order valence-electron chi connectivity index (χ2n) is 5.44. The number of carbonyl (C=O) groups is 2. The predicted octanol–water partition coefficient (Wildman–Crippen LogP) is 2.23. The smallest absolute Gasteiger partial charge is 0.311 e. The number of benzene rings is 1. The van der Waals surface area contributed by atoms with E-state index in [9.17, 15) is 14.7 Å². The van der Waals surface area contributed by atoms with Crippen molar-refractivity contribution in [1.82, 2.24) is 0 Å². The number of carboxylic acid groups (broad SMARTS) is 1. The minimum atomic E-state index is -0.724. The molecule has 0 radical (unpaired) electrons. The first-order valence-corrected chi connectivity index (χ1v) is 6.91. The Hall–Kier alpha value is -2.04. The maximum Gasteiger partial charge on any atom is 0.311 e. The summed E-state index contributed by atoms with van der Waals surface area (Å²) in [6.07, 6.45) is 4.48. The molecule has 1 aliphatic rings. The van der Waals surface area contributed by atoms with Crippen LogP contribution >= 0.6 is 0 Å². The molecule has 0 heterocycles. The van der Waals surface area contributed by atoms with E-state index in [0.29, 0.717) is 24.9 Å². The number of aliphatic carboxylic acids is 1. The van der Waals surface area contributed by atoms with Crippen LogP contribution in [0.5, 0.6) is 0 Å². The van der Waals surface area contributed by atoms with Crippen molar-refractivity contribution < 1.29 is 14.7 Å². The number of amides is 1. The van der Waals surface area contributed by atoms with Crippen LogP contribution in [0.25, 0.3) is 0 Å². The first-order chi connectivity index (χ1) is 9.53. The third-order valence-corrected chi connectivity index (χ3v) is 4.06. The quantitative estimate of drug-likeness (QED) is 0.769. The fourth-order valence-electron chi connectivity index (χ4n) is 2.72. The Morgan fingerprint density at radius 3 is 2.25 bits per heavy atom. The lowest BCUT2D eigenvalue weighted by atomic mass is 9.74. The van der Waals surface area contributed by atoms with E-state index in [1.807, 2.05) is 0 Å². The molecule has 0 aromatic heterocycles. The van der Waals surface area contributed by atoms with Crippen LogP contribution in [0.3, 0.4) is 0 Å². The van der Waals surface area contributed by atoms with Gasteiger partial charge in [0.15, 0.2) is 0 Å². The molecule has 0 spiro atoms. The van der Waals surface area contributed by atoms with Crippen molar-refractivity contribution in [1.29, 1.82) is 0 Å². The van der Waals surface area contributed by atoms with Gasteiger partial charge in [0.05, 0.1) is 5.41 Å². The normalized spacial score (nSPS) is 17.4. The highest BCUT2D eigenvalue weighted by atomic mass is 16.4. The molecule has 0 saturated heterocycles. The fraction of sp³-hybridized carbons (Fsp3) is 0.467. The van der Waals surface area contributed by atoms with Gasteiger partial charge in [0.2, 0.25) is 5.91 Å². The van der Waals surface area contributed by atoms with Gasteiger partial charge < -0.3 is 16.2 Å². The molecular weight excluding hydrogens is 256 g/mol. The van der Waals surface area contributed by atoms with Crippen LogP contribution in [-0.4, -0.2) is 23.5 Å². The largest absolute Gasteiger partial charge is 0.481 e. The summed E-state index contributed by atoms with van der Waals surface area (Å²) in [4.78, 5) is 22.5. The minimum Gasteiger partial charge on any atom is -0.481 e. The molecule has 0 unspecified atom stereocenters. The molecule has 1 amide bonds. The summed E-state index contributed by atoms with van der Waals surface area (Å²) in [5, 5.41) is 12.7. The second kappa shape index (κ2) is 5.94. The van der Waals surface area contributed by atoms with E-state index in [1.165, 1.54) is 0 Å². The molecule has 0 aliphatic heterocycles. The summed E-state index contributed by atoms with van der Waals surface area (Å²) in [6, 6.07) is 6.77. The molecule has 2 rings (SSSR count). The molecule has 1 aromatic carbocycles. The first-order valence-electron chi connectivity index (χ1n) is 6.91. The van der Waals surface area contributed by atoms with E-state index in [0.717, 1.165) is 24.9 Å². The fourth-order valence-corrected chi connectivity index (χ4v) is 2.72. The summed E-state index contributed by atoms with van der Waals surface area (Å²) in [6.45, 7) is 0.415. The minimum absolute atomic E-state index is 0.415. The summed E-state index contributed by atoms with van der Waals surface area (Å²) >= 11 is 0. The van der Waals surface area contributed by atoms with E-state index in [4.69, 9.17) is 5.73 Å². The molecule has 20 heavy (non-hydrogen) atoms. The van der Waals surface area contributed by atoms with Gasteiger partial charge in [0.25, 0.3) is 0 Å². The van der Waals surface area contributed by atoms with E-state index in [1.54, 1.807) is 24.3 Å². The Labute approximate surface area is 118 Å². The number of carboxylic acids is 1. The van der Waals surface area contributed by atoms with Gasteiger partial charge in [-0.25, -0.2) is 0 Å². The van der Waals surface area contributed by atoms with Crippen LogP contribution in [0.4, 0.5) is 5.69 Å². The molecule has 1 fully saturated rings. The Kier molecular flexibility index (Phi) is 4.27. The zero-order valence-electron chi connectivity index (χ0n) is 11.4. The number of hydrogen-bond acceptors (Lipinski definition) is 3. The van der Waals surface area contributed by atoms with E-state index < -0.39 is 17.3 Å². The van der Waals surface area contributed by atoms with E-state index in [2.05, 4.69) is 5.32 Å². The number of nitrogens with one attached hydrogen (secondary N) is 1. The number of carbonyl (C=O) groups excluding carboxylic acids is 1. The van der Waals surface area contributed by atoms with Gasteiger partial charge >= 0.3 is 5.97 Å². The Balaban J connectivity index is 2.02. The molecule has 5 nitrogen and oxygen atoms in total. The van der Waals surface area contributed by atoms with E-state index in [-0.39, 0.29) is 0 Å². The van der Waals surface area contributed by atoms with Crippen molar-refractivity contribution >= 4 is 17.6 Å². The van der Waals surface area contributed by atoms with Crippen LogP contribution in [0.15, 0.2) is 24.3 Å². The highest BCUT2D eigenvalue weighted by Gasteiger charge is 2.39. The van der Waals surface area contributed by atoms with Gasteiger partial charge in [0, 0.05) is 17.8 Å². The molecule has 0 atom stereocenters. The van der Waals surface area contributed by atoms with Crippen molar-refractivity contribution in [2.24, 2.45) is 11.1 Å². The number of primary amides is 1. The Bertz CT molecular complexity index is 490. The van der Waals surface area contributed by atoms with Gasteiger partial charge in [0.1, 0.15) is 0 Å². The van der Waals surface area contributed by atoms with E-state index >= 15 is 0 Å². The highest BCUT2D eigenvalue weighted by Crippen LogP contribution is 2.36. The van der Waals surface area contributed by atoms with Crippen molar-refractivity contribution in [3.8, 4) is 0 Å². The SMILES string of the molecule is NC(=O)c1ccc(NCC2(C(=O)O)CCCCC2)cc1. The lowest BCUT2D eigenvalue weighted by Crippen LogP contribution is -2.39. The summed E-state index contributed by atoms with van der Waals surface area (Å²) in [7, 11) is 0. The first kappa shape index (κ1) is 14.4. The van der Waals surface area contributed by atoms with Crippen molar-refractivity contribution in [2.75, 3.05) is 11.9 Å². The monoisotopic (exact) mass is 276 g/mol. The molecule has 4 N–H and O–H groups in total. The molecule has 1 saturated carbocycles. The molecular formula is C15H20N2O3. The van der Waals surface area contributed by atoms with Gasteiger partial charge in [-0.2, -0.15) is 0 Å². The van der Waals surface area contributed by atoms with Gasteiger partial charge in [-0.15, -0.1) is 0 Å². The maximum atomic E-state index is 11.5. The maximum absolute atomic E-state index is 11.5. The molecule has 0 bridgehead atoms. The second-order valence-corrected chi connectivity index (χ2v) is 5.44. The molecule has 5 heteroatoms. The van der Waals surface area contributed by atoms with Crippen LogP contribution in [-0.2, 0) is 4.79 Å². The average molecular weight is 276 g/mol. The zero-order chi connectivity index (χ0) is 14.6. The zero-order valence-corrected chi connectivity index (χ0v) is 11.4. The Morgan fingerprint density at radius 1 is 1.15 bits per heavy atom. The third-order valence-electron chi connectivity index (χ3n) is 4.06. The average Bonchev–Trinajstić information content (AvgIpc) is 2.46. The summed E-state index contributed by atoms with van der Waals surface area (Å²) in [5.41, 5.74) is 5.76. The third kappa shape index (κ3) is 3.10. The van der Waals surface area contributed by atoms with Crippen LogP contribution in [0.2, 0.25) is 0 Å². The highest BCUT2D eigenvalue weighted by molar-refractivity contribution is 5.93. The number of anilines is 1. The van der Waals surface area contributed by atoms with Gasteiger partial charge in [-0.1, -0.05) is 19.3 Å². The predicted molar refractivity (Wildman–Crippen MR) is 76.6 cm³/mol. The number of rotatable bonds is 5. The molecule has 108 valence electrons. The standard InChI is InChI=1S/C15H20N2O3/c16-13(18)11-4-6-12(7-5-11)17-10-15(14(19)20)8-2-1-3-9-15/h4-7,17H,1-3,8-10H2,(H2,16,18)(H,19,20). The van der Waals surface area contributed by atoms with Gasteiger partial charge in [-0.05, 0) is 37.1 Å². The summed E-state index contributed by atoms with van der Waals surface area (Å²) in [5.74, 6) is -1.19. The summed E-state index contributed by atoms with van der Waals surface area (Å²) < 4.78 is 0. The van der Waals surface area contributed by atoms with Crippen molar-refractivity contribution in [3.63, 3.8) is 0 Å². The van der Waals surface area contributed by atoms with Crippen LogP contribution in [0, 0.1) is 5.41 Å². The van der Waals surface area contributed by atoms with Crippen LogP contribution in [0.1, 0.15) is 42.5 Å². The Morgan fingerprint density at radius 2 is 1.75 bits per heavy atom. The number of hydrogen-bond donors (Lipinski definition) is 3. The van der Waals surface area contributed by atoms with Crippen molar-refractivity contribution in [2.45, 2.75) is 32.1 Å². The van der Waals surface area contributed by atoms with Crippen molar-refractivity contribution in [3.05, 3.63) is 29.8 Å².